The van der Waals surface area contributed by atoms with Crippen LogP contribution in [0.25, 0.3) is 0 Å². The summed E-state index contributed by atoms with van der Waals surface area (Å²) in [5.74, 6) is 0. The highest BCUT2D eigenvalue weighted by Crippen LogP contribution is 2.07. The molecule has 1 heterocycles. The molecule has 1 rings (SSSR count). The molecule has 2 heteroatoms. The van der Waals surface area contributed by atoms with Gasteiger partial charge >= 0.3 is 0 Å². The minimum Gasteiger partial charge on any atom is -0.390 e. The number of aromatic nitrogens is 1. The van der Waals surface area contributed by atoms with Crippen LogP contribution in [0.3, 0.4) is 0 Å². The van der Waals surface area contributed by atoms with E-state index in [0.29, 0.717) is 0 Å². The van der Waals surface area contributed by atoms with Crippen molar-refractivity contribution in [2.45, 2.75) is 26.4 Å². The molecule has 0 spiro atoms. The maximum Gasteiger partial charge on any atom is 0.0855 e. The molecule has 0 aliphatic carbocycles. The Hall–Kier alpha value is -0.890. The highest BCUT2D eigenvalue weighted by molar-refractivity contribution is 5.18. The van der Waals surface area contributed by atoms with Gasteiger partial charge in [-0.05, 0) is 18.1 Å². The van der Waals surface area contributed by atoms with Gasteiger partial charge in [0.05, 0.1) is 12.3 Å². The molecule has 0 bridgehead atoms. The van der Waals surface area contributed by atoms with Gasteiger partial charge in [0.1, 0.15) is 0 Å². The Kier molecular flexibility index (Phi) is 3.05. The summed E-state index contributed by atoms with van der Waals surface area (Å²) >= 11 is 0. The molecule has 0 amide bonds. The topological polar surface area (TPSA) is 33.1 Å². The van der Waals surface area contributed by atoms with Gasteiger partial charge in [-0.2, -0.15) is 0 Å². The van der Waals surface area contributed by atoms with Crippen LogP contribution in [0.1, 0.15) is 24.6 Å². The van der Waals surface area contributed by atoms with E-state index in [0.717, 1.165) is 24.1 Å². The average molecular weight is 151 g/mol. The van der Waals surface area contributed by atoms with Crippen molar-refractivity contribution >= 4 is 0 Å². The SMILES string of the molecule is CCCc1cccnc1CO. The van der Waals surface area contributed by atoms with Crippen LogP contribution in [-0.4, -0.2) is 10.1 Å². The zero-order valence-electron chi connectivity index (χ0n) is 6.75. The molecule has 0 fully saturated rings. The molecule has 60 valence electrons. The van der Waals surface area contributed by atoms with E-state index in [2.05, 4.69) is 11.9 Å². The van der Waals surface area contributed by atoms with Gasteiger partial charge in [0.2, 0.25) is 0 Å². The van der Waals surface area contributed by atoms with Crippen LogP contribution in [0.5, 0.6) is 0 Å². The van der Waals surface area contributed by atoms with Gasteiger partial charge in [-0.1, -0.05) is 19.4 Å². The number of aryl methyl sites for hydroxylation is 1. The molecule has 0 saturated carbocycles. The second-order valence-corrected chi connectivity index (χ2v) is 2.52. The van der Waals surface area contributed by atoms with E-state index >= 15 is 0 Å². The van der Waals surface area contributed by atoms with Crippen molar-refractivity contribution in [3.63, 3.8) is 0 Å². The minimum absolute atomic E-state index is 0.0518. The number of aliphatic hydroxyl groups is 1. The van der Waals surface area contributed by atoms with Gasteiger partial charge in [0.15, 0.2) is 0 Å². The maximum atomic E-state index is 8.88. The van der Waals surface area contributed by atoms with Crippen molar-refractivity contribution in [3.8, 4) is 0 Å². The summed E-state index contributed by atoms with van der Waals surface area (Å²) in [7, 11) is 0. The smallest absolute Gasteiger partial charge is 0.0855 e. The van der Waals surface area contributed by atoms with Crippen LogP contribution < -0.4 is 0 Å². The lowest BCUT2D eigenvalue weighted by molar-refractivity contribution is 0.275. The zero-order valence-corrected chi connectivity index (χ0v) is 6.75. The number of rotatable bonds is 3. The second kappa shape index (κ2) is 4.09. The van der Waals surface area contributed by atoms with Gasteiger partial charge < -0.3 is 5.11 Å². The normalized spacial score (nSPS) is 10.0. The van der Waals surface area contributed by atoms with Gasteiger partial charge in [0, 0.05) is 6.20 Å². The number of pyridine rings is 1. The number of hydrogen-bond donors (Lipinski definition) is 1. The molecule has 0 aliphatic heterocycles. The van der Waals surface area contributed by atoms with Gasteiger partial charge in [-0.25, -0.2) is 0 Å². The van der Waals surface area contributed by atoms with E-state index in [4.69, 9.17) is 5.11 Å². The summed E-state index contributed by atoms with van der Waals surface area (Å²) in [4.78, 5) is 4.07. The Bertz CT molecular complexity index is 223. The van der Waals surface area contributed by atoms with Crippen LogP contribution in [0.15, 0.2) is 18.3 Å². The molecule has 11 heavy (non-hydrogen) atoms. The number of aliphatic hydroxyl groups excluding tert-OH is 1. The Balaban J connectivity index is 2.83. The van der Waals surface area contributed by atoms with Gasteiger partial charge in [0.25, 0.3) is 0 Å². The first-order valence-corrected chi connectivity index (χ1v) is 3.92. The van der Waals surface area contributed by atoms with E-state index in [-0.39, 0.29) is 6.61 Å². The van der Waals surface area contributed by atoms with Crippen LogP contribution in [0.4, 0.5) is 0 Å². The quantitative estimate of drug-likeness (QED) is 0.710. The summed E-state index contributed by atoms with van der Waals surface area (Å²) in [5.41, 5.74) is 1.98. The van der Waals surface area contributed by atoms with Gasteiger partial charge in [-0.15, -0.1) is 0 Å². The molecule has 2 nitrogen and oxygen atoms in total. The fraction of sp³-hybridized carbons (Fsp3) is 0.444. The Labute approximate surface area is 66.9 Å². The average Bonchev–Trinajstić information content (AvgIpc) is 2.06. The monoisotopic (exact) mass is 151 g/mol. The molecular formula is C9H13NO. The van der Waals surface area contributed by atoms with Crippen LogP contribution in [0, 0.1) is 0 Å². The lowest BCUT2D eigenvalue weighted by atomic mass is 10.1. The molecule has 1 aromatic rings. The predicted molar refractivity (Wildman–Crippen MR) is 44.2 cm³/mol. The molecule has 0 aromatic carbocycles. The van der Waals surface area contributed by atoms with Crippen molar-refractivity contribution in [1.29, 1.82) is 0 Å². The van der Waals surface area contributed by atoms with Crippen molar-refractivity contribution in [2.75, 3.05) is 0 Å². The number of nitrogens with zero attached hydrogens (tertiary/aromatic N) is 1. The summed E-state index contributed by atoms with van der Waals surface area (Å²) < 4.78 is 0. The highest BCUT2D eigenvalue weighted by Gasteiger charge is 1.98. The fourth-order valence-corrected chi connectivity index (χ4v) is 1.11. The molecule has 0 atom stereocenters. The Morgan fingerprint density at radius 2 is 2.36 bits per heavy atom. The third-order valence-electron chi connectivity index (χ3n) is 1.65. The Morgan fingerprint density at radius 1 is 1.55 bits per heavy atom. The lowest BCUT2D eigenvalue weighted by Gasteiger charge is -2.02. The predicted octanol–water partition coefficient (Wildman–Crippen LogP) is 1.53. The summed E-state index contributed by atoms with van der Waals surface area (Å²) in [6.45, 7) is 2.17. The van der Waals surface area contributed by atoms with Gasteiger partial charge in [-0.3, -0.25) is 4.98 Å². The third kappa shape index (κ3) is 2.02. The molecule has 0 saturated heterocycles. The molecule has 1 aromatic heterocycles. The molecule has 0 radical (unpaired) electrons. The zero-order chi connectivity index (χ0) is 8.10. The van der Waals surface area contributed by atoms with E-state index in [1.54, 1.807) is 6.20 Å². The summed E-state index contributed by atoms with van der Waals surface area (Å²) in [5, 5.41) is 8.88. The first kappa shape index (κ1) is 8.21. The molecule has 0 unspecified atom stereocenters. The van der Waals surface area contributed by atoms with E-state index < -0.39 is 0 Å². The van der Waals surface area contributed by atoms with Crippen molar-refractivity contribution in [1.82, 2.24) is 4.98 Å². The first-order valence-electron chi connectivity index (χ1n) is 3.92. The largest absolute Gasteiger partial charge is 0.390 e. The maximum absolute atomic E-state index is 8.88. The molecule has 0 aliphatic rings. The van der Waals surface area contributed by atoms with Crippen molar-refractivity contribution in [2.24, 2.45) is 0 Å². The van der Waals surface area contributed by atoms with Crippen molar-refractivity contribution in [3.05, 3.63) is 29.6 Å². The number of hydrogen-bond acceptors (Lipinski definition) is 2. The second-order valence-electron chi connectivity index (χ2n) is 2.52. The highest BCUT2D eigenvalue weighted by atomic mass is 16.3. The first-order chi connectivity index (χ1) is 5.38. The molecule has 1 N–H and O–H groups in total. The van der Waals surface area contributed by atoms with Crippen LogP contribution in [0.2, 0.25) is 0 Å². The van der Waals surface area contributed by atoms with Crippen LogP contribution >= 0.6 is 0 Å². The third-order valence-corrected chi connectivity index (χ3v) is 1.65. The van der Waals surface area contributed by atoms with Crippen LogP contribution in [-0.2, 0) is 13.0 Å². The standard InChI is InChI=1S/C9H13NO/c1-2-4-8-5-3-6-10-9(8)7-11/h3,5-6,11H,2,4,7H2,1H3. The van der Waals surface area contributed by atoms with E-state index in [9.17, 15) is 0 Å². The summed E-state index contributed by atoms with van der Waals surface area (Å²) in [6, 6.07) is 3.92. The van der Waals surface area contributed by atoms with E-state index in [1.807, 2.05) is 12.1 Å². The van der Waals surface area contributed by atoms with E-state index in [1.165, 1.54) is 0 Å². The summed E-state index contributed by atoms with van der Waals surface area (Å²) in [6.07, 6.45) is 3.81. The lowest BCUT2D eigenvalue weighted by Crippen LogP contribution is -1.96. The minimum atomic E-state index is 0.0518. The fourth-order valence-electron chi connectivity index (χ4n) is 1.11. The Morgan fingerprint density at radius 3 is 3.00 bits per heavy atom. The van der Waals surface area contributed by atoms with Crippen molar-refractivity contribution < 1.29 is 5.11 Å². The molecular weight excluding hydrogens is 138 g/mol.